The first kappa shape index (κ1) is 9.71. The van der Waals surface area contributed by atoms with Crippen molar-refractivity contribution in [3.63, 3.8) is 0 Å². The maximum absolute atomic E-state index is 2.39. The minimum absolute atomic E-state index is 0.0654. The van der Waals surface area contributed by atoms with Crippen LogP contribution < -0.4 is 0 Å². The van der Waals surface area contributed by atoms with Crippen molar-refractivity contribution in [3.05, 3.63) is 58.7 Å². The molecule has 0 unspecified atom stereocenters. The van der Waals surface area contributed by atoms with E-state index in [-0.39, 0.29) is 20.4 Å². The van der Waals surface area contributed by atoms with E-state index < -0.39 is 0 Å². The first-order valence-electron chi connectivity index (χ1n) is 5.71. The molecule has 0 radical (unpaired) electrons. The van der Waals surface area contributed by atoms with E-state index >= 15 is 0 Å². The molecule has 0 atom stereocenters. The molecule has 1 heteroatoms. The summed E-state index contributed by atoms with van der Waals surface area (Å²) in [4.78, 5) is 0. The fourth-order valence-electron chi connectivity index (χ4n) is 2.55. The fraction of sp³-hybridized carbons (Fsp3) is 0. The predicted octanol–water partition coefficient (Wildman–Crippen LogP) is 4.20. The van der Waals surface area contributed by atoms with E-state index in [0.29, 0.717) is 0 Å². The molecule has 0 spiro atoms. The van der Waals surface area contributed by atoms with Gasteiger partial charge in [-0.2, -0.15) is 0 Å². The molecule has 0 aliphatic rings. The van der Waals surface area contributed by atoms with Gasteiger partial charge in [-0.3, -0.25) is 0 Å². The second-order valence-corrected chi connectivity index (χ2v) is 6.99. The maximum atomic E-state index is 2.39. The minimum atomic E-state index is -0.0654. The molecule has 1 aromatic heterocycles. The molecule has 4 rings (SSSR count). The van der Waals surface area contributed by atoms with Gasteiger partial charge in [-0.05, 0) is 0 Å². The molecule has 0 nitrogen and oxygen atoms in total. The molecule has 0 bridgehead atoms. The molecule has 0 saturated heterocycles. The Labute approximate surface area is 109 Å². The Kier molecular flexibility index (Phi) is 2.06. The molecule has 0 saturated carbocycles. The van der Waals surface area contributed by atoms with Crippen LogP contribution in [0.3, 0.4) is 0 Å². The zero-order valence-electron chi connectivity index (χ0n) is 9.18. The fourth-order valence-corrected chi connectivity index (χ4v) is 4.82. The Morgan fingerprint density at radius 1 is 0.647 bits per heavy atom. The number of rotatable bonds is 0. The molecule has 0 N–H and O–H groups in total. The number of fused-ring (bicyclic) bond motifs is 5. The van der Waals surface area contributed by atoms with E-state index in [2.05, 4.69) is 58.7 Å². The summed E-state index contributed by atoms with van der Waals surface area (Å²) in [7, 11) is 0. The molecule has 4 aromatic rings. The number of benzene rings is 3. The van der Waals surface area contributed by atoms with E-state index in [4.69, 9.17) is 0 Å². The van der Waals surface area contributed by atoms with E-state index in [9.17, 15) is 0 Å². The van der Waals surface area contributed by atoms with E-state index in [0.717, 1.165) is 0 Å². The number of hydrogen-bond donors (Lipinski definition) is 0. The summed E-state index contributed by atoms with van der Waals surface area (Å²) in [6.45, 7) is 0. The van der Waals surface area contributed by atoms with Crippen LogP contribution in [-0.4, -0.2) is 20.4 Å². The van der Waals surface area contributed by atoms with Crippen molar-refractivity contribution in [2.75, 3.05) is 0 Å². The molecular weight excluding hydrogens is 320 g/mol. The summed E-state index contributed by atoms with van der Waals surface area (Å²) >= 11 is -0.0654. The van der Waals surface area contributed by atoms with Crippen LogP contribution in [0.2, 0.25) is 0 Å². The number of hydrogen-bond acceptors (Lipinski definition) is 0. The quantitative estimate of drug-likeness (QED) is 0.335. The first-order valence-corrected chi connectivity index (χ1v) is 8.22. The van der Waals surface area contributed by atoms with Crippen molar-refractivity contribution in [2.24, 2.45) is 0 Å². The molecule has 3 aromatic carbocycles. The molecular formula is C16H10Te. The van der Waals surface area contributed by atoms with Crippen LogP contribution in [0.25, 0.3) is 30.3 Å². The van der Waals surface area contributed by atoms with Crippen molar-refractivity contribution in [2.45, 2.75) is 0 Å². The average Bonchev–Trinajstić information content (AvgIpc) is 2.86. The summed E-state index contributed by atoms with van der Waals surface area (Å²) in [5, 5.41) is 7.01. The van der Waals surface area contributed by atoms with Gasteiger partial charge >= 0.3 is 109 Å². The summed E-state index contributed by atoms with van der Waals surface area (Å²) in [5.74, 6) is 0. The van der Waals surface area contributed by atoms with Crippen LogP contribution in [0.5, 0.6) is 0 Å². The Hall–Kier alpha value is -1.29. The van der Waals surface area contributed by atoms with Crippen molar-refractivity contribution in [3.8, 4) is 0 Å². The van der Waals surface area contributed by atoms with Crippen LogP contribution in [0.15, 0.2) is 58.7 Å². The van der Waals surface area contributed by atoms with Gasteiger partial charge in [-0.25, -0.2) is 0 Å². The van der Waals surface area contributed by atoms with Crippen LogP contribution in [0.1, 0.15) is 0 Å². The van der Waals surface area contributed by atoms with Crippen LogP contribution in [-0.2, 0) is 0 Å². The molecule has 0 aliphatic carbocycles. The first-order chi connectivity index (χ1) is 8.43. The third-order valence-corrected chi connectivity index (χ3v) is 5.86. The van der Waals surface area contributed by atoms with Gasteiger partial charge in [-0.1, -0.05) is 0 Å². The van der Waals surface area contributed by atoms with Gasteiger partial charge in [0.15, 0.2) is 0 Å². The van der Waals surface area contributed by atoms with Gasteiger partial charge < -0.3 is 0 Å². The molecule has 0 amide bonds. The Morgan fingerprint density at radius 2 is 1.47 bits per heavy atom. The zero-order valence-corrected chi connectivity index (χ0v) is 11.5. The zero-order chi connectivity index (χ0) is 11.2. The van der Waals surface area contributed by atoms with Crippen LogP contribution >= 0.6 is 0 Å². The standard InChI is InChI=1S/C16H10Te/c1-2-4-13-11(3-1)5-6-12-7-8-15-14(16(12)13)9-10-17-15/h1-10H. The van der Waals surface area contributed by atoms with Gasteiger partial charge in [0.2, 0.25) is 0 Å². The third-order valence-electron chi connectivity index (χ3n) is 3.34. The molecule has 0 aliphatic heterocycles. The Morgan fingerprint density at radius 3 is 2.47 bits per heavy atom. The second kappa shape index (κ2) is 3.60. The Balaban J connectivity index is 2.41. The second-order valence-electron chi connectivity index (χ2n) is 4.28. The van der Waals surface area contributed by atoms with Crippen LogP contribution in [0.4, 0.5) is 0 Å². The van der Waals surface area contributed by atoms with E-state index in [1.54, 1.807) is 3.40 Å². The van der Waals surface area contributed by atoms with Crippen molar-refractivity contribution < 1.29 is 0 Å². The monoisotopic (exact) mass is 332 g/mol. The van der Waals surface area contributed by atoms with E-state index in [1.165, 1.54) is 26.9 Å². The SMILES string of the molecule is c1ccc2c(c1)ccc1ccc3[te]ccc3c12. The summed E-state index contributed by atoms with van der Waals surface area (Å²) in [6.07, 6.45) is 0. The Bertz CT molecular complexity index is 840. The summed E-state index contributed by atoms with van der Waals surface area (Å²) in [5.41, 5.74) is 0. The van der Waals surface area contributed by atoms with Gasteiger partial charge in [0.05, 0.1) is 0 Å². The molecule has 17 heavy (non-hydrogen) atoms. The normalized spacial score (nSPS) is 11.5. The van der Waals surface area contributed by atoms with Gasteiger partial charge in [0, 0.05) is 0 Å². The average molecular weight is 330 g/mol. The predicted molar refractivity (Wildman–Crippen MR) is 75.9 cm³/mol. The third kappa shape index (κ3) is 1.37. The van der Waals surface area contributed by atoms with Crippen molar-refractivity contribution >= 4 is 50.8 Å². The van der Waals surface area contributed by atoms with Gasteiger partial charge in [0.25, 0.3) is 0 Å². The molecule has 80 valence electrons. The molecule has 1 heterocycles. The van der Waals surface area contributed by atoms with Crippen LogP contribution in [0, 0.1) is 0 Å². The van der Waals surface area contributed by atoms with Gasteiger partial charge in [0.1, 0.15) is 0 Å². The van der Waals surface area contributed by atoms with Crippen molar-refractivity contribution in [1.82, 2.24) is 0 Å². The van der Waals surface area contributed by atoms with Crippen molar-refractivity contribution in [1.29, 1.82) is 0 Å². The topological polar surface area (TPSA) is 0 Å². The summed E-state index contributed by atoms with van der Waals surface area (Å²) < 4.78 is 3.97. The molecule has 0 fully saturated rings. The summed E-state index contributed by atoms with van der Waals surface area (Å²) in [6, 6.07) is 20.1. The van der Waals surface area contributed by atoms with Gasteiger partial charge in [-0.15, -0.1) is 0 Å². The van der Waals surface area contributed by atoms with E-state index in [1.807, 2.05) is 0 Å².